The predicted molar refractivity (Wildman–Crippen MR) is 321 cm³/mol. The van der Waals surface area contributed by atoms with Crippen LogP contribution >= 0.6 is 0 Å². The molecule has 2 aromatic heterocycles. The van der Waals surface area contributed by atoms with E-state index in [2.05, 4.69) is 312 Å². The van der Waals surface area contributed by atoms with Crippen LogP contribution in [0.3, 0.4) is 0 Å². The zero-order valence-electron chi connectivity index (χ0n) is 41.8. The van der Waals surface area contributed by atoms with Crippen LogP contribution in [0.4, 0.5) is 0 Å². The first-order valence-electron chi connectivity index (χ1n) is 26.4. The van der Waals surface area contributed by atoms with Crippen molar-refractivity contribution in [3.05, 3.63) is 326 Å². The van der Waals surface area contributed by atoms with Crippen LogP contribution in [0.15, 0.2) is 303 Å². The van der Waals surface area contributed by atoms with Gasteiger partial charge in [-0.1, -0.05) is 255 Å². The third-order valence-corrected chi connectivity index (χ3v) is 21.4. The summed E-state index contributed by atoms with van der Waals surface area (Å²) in [7, 11) is -2.71. The standard InChI is InChI=1S/C73H50N2Si/c1-6-23-53(24-7-1)73(54-25-8-2-9-26-54)65-36-19-16-33-60(65)61-47-41-51(49-66(61)73)52-42-48-63-62-34-17-20-37-67(62)75(71(63)50-52)70-40-22-39-69-72(70)64-35-18-21-38-68(64)74(69)55-43-45-59(46-44-55)76(56-27-10-3-11-28-56,57-29-12-4-13-30-57)58-31-14-5-15-32-58/h1-50H. The molecule has 0 radical (unpaired) electrons. The average molecular weight is 983 g/mol. The van der Waals surface area contributed by atoms with E-state index < -0.39 is 13.5 Å². The molecule has 1 aliphatic carbocycles. The van der Waals surface area contributed by atoms with E-state index in [0.29, 0.717) is 0 Å². The van der Waals surface area contributed by atoms with Crippen molar-refractivity contribution in [1.29, 1.82) is 0 Å². The van der Waals surface area contributed by atoms with Crippen molar-refractivity contribution < 1.29 is 0 Å². The Morgan fingerprint density at radius 2 is 0.737 bits per heavy atom. The third-order valence-electron chi connectivity index (χ3n) is 16.6. The van der Waals surface area contributed by atoms with Gasteiger partial charge in [-0.25, -0.2) is 0 Å². The summed E-state index contributed by atoms with van der Waals surface area (Å²) in [4.78, 5) is 0. The molecular formula is C73H50N2Si. The Kier molecular flexibility index (Phi) is 10.2. The number of hydrogen-bond acceptors (Lipinski definition) is 0. The molecule has 0 spiro atoms. The van der Waals surface area contributed by atoms with Crippen molar-refractivity contribution in [2.75, 3.05) is 0 Å². The van der Waals surface area contributed by atoms with E-state index in [4.69, 9.17) is 0 Å². The van der Waals surface area contributed by atoms with Crippen LogP contribution in [0, 0.1) is 0 Å². The summed E-state index contributed by atoms with van der Waals surface area (Å²) in [5.41, 5.74) is 16.6. The highest BCUT2D eigenvalue weighted by molar-refractivity contribution is 7.19. The Labute approximate surface area is 443 Å². The van der Waals surface area contributed by atoms with Gasteiger partial charge >= 0.3 is 0 Å². The van der Waals surface area contributed by atoms with Crippen molar-refractivity contribution in [2.24, 2.45) is 0 Å². The summed E-state index contributed by atoms with van der Waals surface area (Å²) in [5.74, 6) is 0. The highest BCUT2D eigenvalue weighted by atomic mass is 28.3. The molecule has 0 saturated carbocycles. The quantitative estimate of drug-likeness (QED) is 0.101. The normalized spacial score (nSPS) is 12.8. The zero-order chi connectivity index (χ0) is 50.2. The second kappa shape index (κ2) is 17.6. The van der Waals surface area contributed by atoms with Crippen LogP contribution in [0.25, 0.3) is 77.2 Å². The molecule has 0 amide bonds. The minimum atomic E-state index is -2.71. The van der Waals surface area contributed by atoms with Crippen molar-refractivity contribution >= 4 is 72.4 Å². The van der Waals surface area contributed by atoms with Crippen LogP contribution in [0.1, 0.15) is 22.3 Å². The van der Waals surface area contributed by atoms with Crippen LogP contribution in [-0.4, -0.2) is 17.2 Å². The van der Waals surface area contributed by atoms with Gasteiger partial charge in [0.25, 0.3) is 0 Å². The topological polar surface area (TPSA) is 9.86 Å². The maximum absolute atomic E-state index is 2.71. The molecule has 2 nitrogen and oxygen atoms in total. The van der Waals surface area contributed by atoms with E-state index in [0.717, 1.165) is 11.4 Å². The Morgan fingerprint density at radius 3 is 1.37 bits per heavy atom. The summed E-state index contributed by atoms with van der Waals surface area (Å²) in [5, 5.41) is 10.4. The third kappa shape index (κ3) is 6.40. The van der Waals surface area contributed by atoms with Crippen molar-refractivity contribution in [3.8, 4) is 33.6 Å². The van der Waals surface area contributed by atoms with Gasteiger partial charge in [0.2, 0.25) is 0 Å². The second-order valence-corrected chi connectivity index (χ2v) is 24.1. The van der Waals surface area contributed by atoms with Gasteiger partial charge < -0.3 is 9.13 Å². The Morgan fingerprint density at radius 1 is 0.276 bits per heavy atom. The minimum absolute atomic E-state index is 0.482. The van der Waals surface area contributed by atoms with Gasteiger partial charge in [-0.2, -0.15) is 0 Å². The van der Waals surface area contributed by atoms with Gasteiger partial charge in [0.05, 0.1) is 33.2 Å². The van der Waals surface area contributed by atoms with E-state index >= 15 is 0 Å². The molecule has 12 aromatic carbocycles. The van der Waals surface area contributed by atoms with Gasteiger partial charge in [0, 0.05) is 27.2 Å². The number of benzene rings is 12. The molecule has 0 N–H and O–H groups in total. The molecule has 0 atom stereocenters. The van der Waals surface area contributed by atoms with E-state index in [-0.39, 0.29) is 0 Å². The van der Waals surface area contributed by atoms with Crippen molar-refractivity contribution in [2.45, 2.75) is 5.41 Å². The summed E-state index contributed by atoms with van der Waals surface area (Å²) in [6.07, 6.45) is 0. The lowest BCUT2D eigenvalue weighted by atomic mass is 9.67. The smallest absolute Gasteiger partial charge is 0.179 e. The fraction of sp³-hybridized carbons (Fsp3) is 0.0137. The highest BCUT2D eigenvalue weighted by Crippen LogP contribution is 2.57. The van der Waals surface area contributed by atoms with E-state index in [1.807, 2.05) is 0 Å². The molecule has 14 aromatic rings. The monoisotopic (exact) mass is 982 g/mol. The van der Waals surface area contributed by atoms with Gasteiger partial charge in [-0.15, -0.1) is 0 Å². The van der Waals surface area contributed by atoms with Crippen LogP contribution in [0.2, 0.25) is 0 Å². The van der Waals surface area contributed by atoms with E-state index in [9.17, 15) is 0 Å². The van der Waals surface area contributed by atoms with Gasteiger partial charge in [-0.3, -0.25) is 0 Å². The first kappa shape index (κ1) is 44.0. The van der Waals surface area contributed by atoms with E-state index in [1.165, 1.54) is 109 Å². The highest BCUT2D eigenvalue weighted by Gasteiger charge is 2.46. The molecule has 15 rings (SSSR count). The molecule has 0 saturated heterocycles. The minimum Gasteiger partial charge on any atom is -0.309 e. The molecular weight excluding hydrogens is 933 g/mol. The first-order valence-corrected chi connectivity index (χ1v) is 28.4. The lowest BCUT2D eigenvalue weighted by molar-refractivity contribution is 0.769. The molecule has 1 aliphatic rings. The van der Waals surface area contributed by atoms with Gasteiger partial charge in [0.1, 0.15) is 0 Å². The molecule has 0 fully saturated rings. The predicted octanol–water partition coefficient (Wildman–Crippen LogP) is 15.3. The van der Waals surface area contributed by atoms with Crippen LogP contribution in [-0.2, 0) is 5.41 Å². The summed E-state index contributed by atoms with van der Waals surface area (Å²) < 4.78 is 5.00. The summed E-state index contributed by atoms with van der Waals surface area (Å²) >= 11 is 0. The maximum atomic E-state index is 2.53. The molecule has 3 heteroatoms. The number of fused-ring (bicyclic) bond motifs is 9. The fourth-order valence-corrected chi connectivity index (χ4v) is 18.2. The lowest BCUT2D eigenvalue weighted by Gasteiger charge is -2.34. The summed E-state index contributed by atoms with van der Waals surface area (Å²) in [6.45, 7) is 0. The largest absolute Gasteiger partial charge is 0.309 e. The Balaban J connectivity index is 0.919. The second-order valence-electron chi connectivity index (χ2n) is 20.3. The molecule has 2 heterocycles. The summed E-state index contributed by atoms with van der Waals surface area (Å²) in [6, 6.07) is 113. The average Bonchev–Trinajstić information content (AvgIpc) is 4.23. The lowest BCUT2D eigenvalue weighted by Crippen LogP contribution is -2.74. The number of nitrogens with zero attached hydrogens (tertiary/aromatic N) is 2. The number of rotatable bonds is 9. The van der Waals surface area contributed by atoms with Crippen molar-refractivity contribution in [1.82, 2.24) is 9.13 Å². The molecule has 356 valence electrons. The SMILES string of the molecule is c1ccc(C2(c3ccccc3)c3ccccc3-c3ccc(-c4ccc5c6ccccc6n(-c6cccc7c6c6ccccc6n7-c6ccc([Si](c7ccccc7)(c7ccccc7)c7ccccc7)cc6)c5c4)cc32)cc1. The molecule has 0 aliphatic heterocycles. The van der Waals surface area contributed by atoms with Gasteiger partial charge in [0.15, 0.2) is 8.07 Å². The molecule has 76 heavy (non-hydrogen) atoms. The molecule has 0 unspecified atom stereocenters. The Hall–Kier alpha value is -9.54. The maximum Gasteiger partial charge on any atom is 0.179 e. The molecule has 0 bridgehead atoms. The number of hydrogen-bond donors (Lipinski definition) is 0. The van der Waals surface area contributed by atoms with Gasteiger partial charge in [-0.05, 0) is 114 Å². The number of aromatic nitrogens is 2. The van der Waals surface area contributed by atoms with Crippen LogP contribution in [0.5, 0.6) is 0 Å². The fourth-order valence-electron chi connectivity index (χ4n) is 13.4. The Bertz CT molecular complexity index is 4350. The van der Waals surface area contributed by atoms with E-state index in [1.54, 1.807) is 0 Å². The van der Waals surface area contributed by atoms with Crippen LogP contribution < -0.4 is 20.7 Å². The first-order chi connectivity index (χ1) is 37.7. The zero-order valence-corrected chi connectivity index (χ0v) is 42.8. The van der Waals surface area contributed by atoms with Crippen molar-refractivity contribution in [3.63, 3.8) is 0 Å². The number of para-hydroxylation sites is 2.